The van der Waals surface area contributed by atoms with Gasteiger partial charge in [0.05, 0.1) is 19.8 Å². The normalized spacial score (nSPS) is 10.7. The average molecular weight is 341 g/mol. The summed E-state index contributed by atoms with van der Waals surface area (Å²) in [6.45, 7) is 3.55. The first-order valence-electron chi connectivity index (χ1n) is 7.61. The van der Waals surface area contributed by atoms with Crippen LogP contribution < -0.4 is 15.0 Å². The van der Waals surface area contributed by atoms with Crippen molar-refractivity contribution in [2.75, 3.05) is 14.2 Å². The highest BCUT2D eigenvalue weighted by atomic mass is 16.5. The number of nitriles is 1. The summed E-state index contributed by atoms with van der Waals surface area (Å²) in [5, 5.41) is 19.6. The molecular formula is C18H19N3O4. The Morgan fingerprint density at radius 3 is 2.64 bits per heavy atom. The van der Waals surface area contributed by atoms with E-state index in [1.165, 1.54) is 13.3 Å². The molecule has 2 rings (SSSR count). The third kappa shape index (κ3) is 3.33. The molecule has 0 aliphatic carbocycles. The molecule has 0 fully saturated rings. The maximum atomic E-state index is 12.2. The lowest BCUT2D eigenvalue weighted by Gasteiger charge is -2.12. The first-order valence-corrected chi connectivity index (χ1v) is 7.61. The van der Waals surface area contributed by atoms with Crippen LogP contribution in [0.5, 0.6) is 17.4 Å². The van der Waals surface area contributed by atoms with E-state index < -0.39 is 5.56 Å². The first kappa shape index (κ1) is 18.1. The third-order valence-electron chi connectivity index (χ3n) is 3.88. The Morgan fingerprint density at radius 2 is 2.08 bits per heavy atom. The standard InChI is InChI=1S/C18H19N3O4/c1-5-21-17(22)13(9-19)11(2)14(18(21)23)10-20-15-8-12(24-3)6-7-16(15)25-4/h6-8,10,23H,5H2,1-4H3. The van der Waals surface area contributed by atoms with Crippen molar-refractivity contribution in [3.63, 3.8) is 0 Å². The van der Waals surface area contributed by atoms with E-state index >= 15 is 0 Å². The van der Waals surface area contributed by atoms with Gasteiger partial charge in [0.25, 0.3) is 5.56 Å². The van der Waals surface area contributed by atoms with Crippen LogP contribution in [0.15, 0.2) is 28.0 Å². The zero-order valence-electron chi connectivity index (χ0n) is 14.5. The van der Waals surface area contributed by atoms with Gasteiger partial charge >= 0.3 is 0 Å². The Bertz CT molecular complexity index is 923. The Hall–Kier alpha value is -3.27. The molecule has 0 bridgehead atoms. The molecule has 0 aliphatic heterocycles. The number of aromatic nitrogens is 1. The van der Waals surface area contributed by atoms with E-state index in [1.807, 2.05) is 6.07 Å². The highest BCUT2D eigenvalue weighted by molar-refractivity contribution is 5.88. The maximum absolute atomic E-state index is 12.2. The predicted molar refractivity (Wildman–Crippen MR) is 94.3 cm³/mol. The van der Waals surface area contributed by atoms with E-state index in [1.54, 1.807) is 39.2 Å². The number of aliphatic imine (C=N–C) groups is 1. The fourth-order valence-electron chi connectivity index (χ4n) is 2.45. The van der Waals surface area contributed by atoms with E-state index in [9.17, 15) is 15.2 Å². The van der Waals surface area contributed by atoms with Gasteiger partial charge in [-0.3, -0.25) is 14.4 Å². The molecule has 0 unspecified atom stereocenters. The smallest absolute Gasteiger partial charge is 0.271 e. The number of aromatic hydroxyl groups is 1. The Balaban J connectivity index is 2.64. The van der Waals surface area contributed by atoms with Gasteiger partial charge in [-0.05, 0) is 31.5 Å². The molecule has 0 spiro atoms. The van der Waals surface area contributed by atoms with Crippen LogP contribution in [0, 0.1) is 18.3 Å². The molecule has 1 N–H and O–H groups in total. The lowest BCUT2D eigenvalue weighted by Crippen LogP contribution is -2.24. The quantitative estimate of drug-likeness (QED) is 0.843. The van der Waals surface area contributed by atoms with Gasteiger partial charge in [0.1, 0.15) is 28.8 Å². The second-order valence-corrected chi connectivity index (χ2v) is 5.19. The van der Waals surface area contributed by atoms with Crippen LogP contribution >= 0.6 is 0 Å². The number of hydrogen-bond acceptors (Lipinski definition) is 6. The van der Waals surface area contributed by atoms with Gasteiger partial charge in [0.15, 0.2) is 0 Å². The van der Waals surface area contributed by atoms with Crippen LogP contribution in [0.2, 0.25) is 0 Å². The number of pyridine rings is 1. The lowest BCUT2D eigenvalue weighted by molar-refractivity contribution is 0.404. The molecule has 0 saturated heterocycles. The van der Waals surface area contributed by atoms with Crippen molar-refractivity contribution >= 4 is 11.9 Å². The van der Waals surface area contributed by atoms with Crippen molar-refractivity contribution in [2.45, 2.75) is 20.4 Å². The lowest BCUT2D eigenvalue weighted by atomic mass is 10.1. The number of rotatable bonds is 5. The van der Waals surface area contributed by atoms with Crippen molar-refractivity contribution < 1.29 is 14.6 Å². The fraction of sp³-hybridized carbons (Fsp3) is 0.278. The fourth-order valence-corrected chi connectivity index (χ4v) is 2.45. The number of benzene rings is 1. The Labute approximate surface area is 145 Å². The molecule has 0 amide bonds. The molecule has 7 heteroatoms. The van der Waals surface area contributed by atoms with E-state index in [4.69, 9.17) is 9.47 Å². The van der Waals surface area contributed by atoms with Crippen molar-refractivity contribution in [3.05, 3.63) is 45.2 Å². The van der Waals surface area contributed by atoms with E-state index in [2.05, 4.69) is 4.99 Å². The van der Waals surface area contributed by atoms with Crippen molar-refractivity contribution in [3.8, 4) is 23.4 Å². The van der Waals surface area contributed by atoms with Crippen LogP contribution in [-0.2, 0) is 6.54 Å². The Kier molecular flexibility index (Phi) is 5.45. The van der Waals surface area contributed by atoms with Gasteiger partial charge < -0.3 is 14.6 Å². The maximum Gasteiger partial charge on any atom is 0.271 e. The highest BCUT2D eigenvalue weighted by Gasteiger charge is 2.17. The highest BCUT2D eigenvalue weighted by Crippen LogP contribution is 2.32. The summed E-state index contributed by atoms with van der Waals surface area (Å²) in [6, 6.07) is 7.03. The molecule has 1 aromatic heterocycles. The molecule has 130 valence electrons. The minimum Gasteiger partial charge on any atom is -0.497 e. The SMILES string of the molecule is CCn1c(O)c(C=Nc2cc(OC)ccc2OC)c(C)c(C#N)c1=O. The summed E-state index contributed by atoms with van der Waals surface area (Å²) in [7, 11) is 3.07. The third-order valence-corrected chi connectivity index (χ3v) is 3.88. The zero-order valence-corrected chi connectivity index (χ0v) is 14.5. The largest absolute Gasteiger partial charge is 0.497 e. The van der Waals surface area contributed by atoms with Gasteiger partial charge in [0.2, 0.25) is 5.88 Å². The van der Waals surface area contributed by atoms with Crippen LogP contribution in [0.3, 0.4) is 0 Å². The molecular weight excluding hydrogens is 322 g/mol. The van der Waals surface area contributed by atoms with Gasteiger partial charge in [0, 0.05) is 18.8 Å². The molecule has 7 nitrogen and oxygen atoms in total. The van der Waals surface area contributed by atoms with Crippen LogP contribution in [0.25, 0.3) is 0 Å². The summed E-state index contributed by atoms with van der Waals surface area (Å²) < 4.78 is 11.6. The predicted octanol–water partition coefficient (Wildman–Crippen LogP) is 2.52. The van der Waals surface area contributed by atoms with Crippen LogP contribution in [-0.4, -0.2) is 30.1 Å². The molecule has 0 radical (unpaired) electrons. The minimum atomic E-state index is -0.517. The van der Waals surface area contributed by atoms with Crippen LogP contribution in [0.1, 0.15) is 23.6 Å². The van der Waals surface area contributed by atoms with E-state index in [-0.39, 0.29) is 18.0 Å². The molecule has 1 aromatic carbocycles. The van der Waals surface area contributed by atoms with Crippen molar-refractivity contribution in [1.82, 2.24) is 4.57 Å². The number of nitrogens with zero attached hydrogens (tertiary/aromatic N) is 3. The first-order chi connectivity index (χ1) is 12.0. The van der Waals surface area contributed by atoms with E-state index in [0.29, 0.717) is 28.3 Å². The summed E-state index contributed by atoms with van der Waals surface area (Å²) in [4.78, 5) is 16.5. The molecule has 2 aromatic rings. The summed E-state index contributed by atoms with van der Waals surface area (Å²) in [5.74, 6) is 0.901. The zero-order chi connectivity index (χ0) is 18.6. The topological polar surface area (TPSA) is 96.8 Å². The van der Waals surface area contributed by atoms with Gasteiger partial charge in [-0.2, -0.15) is 5.26 Å². The summed E-state index contributed by atoms with van der Waals surface area (Å²) in [5.41, 5.74) is 0.645. The molecule has 0 saturated carbocycles. The second kappa shape index (κ2) is 7.53. The van der Waals surface area contributed by atoms with Gasteiger partial charge in [-0.15, -0.1) is 0 Å². The summed E-state index contributed by atoms with van der Waals surface area (Å²) >= 11 is 0. The van der Waals surface area contributed by atoms with Gasteiger partial charge in [-0.1, -0.05) is 0 Å². The average Bonchev–Trinajstić information content (AvgIpc) is 2.62. The molecule has 0 aliphatic rings. The minimum absolute atomic E-state index is 0.0151. The monoisotopic (exact) mass is 341 g/mol. The summed E-state index contributed by atoms with van der Waals surface area (Å²) in [6.07, 6.45) is 1.41. The second-order valence-electron chi connectivity index (χ2n) is 5.19. The van der Waals surface area contributed by atoms with Crippen molar-refractivity contribution in [1.29, 1.82) is 5.26 Å². The number of ether oxygens (including phenoxy) is 2. The van der Waals surface area contributed by atoms with Crippen LogP contribution in [0.4, 0.5) is 5.69 Å². The van der Waals surface area contributed by atoms with Gasteiger partial charge in [-0.25, -0.2) is 0 Å². The van der Waals surface area contributed by atoms with Crippen molar-refractivity contribution in [2.24, 2.45) is 4.99 Å². The number of methoxy groups -OCH3 is 2. The molecule has 25 heavy (non-hydrogen) atoms. The number of hydrogen-bond donors (Lipinski definition) is 1. The van der Waals surface area contributed by atoms with E-state index in [0.717, 1.165) is 4.57 Å². The molecule has 1 heterocycles. The molecule has 0 atom stereocenters. The Morgan fingerprint density at radius 1 is 1.36 bits per heavy atom.